The molecule has 5 nitrogen and oxygen atoms in total. The number of aliphatic hydroxyl groups is 1. The van der Waals surface area contributed by atoms with Crippen LogP contribution >= 0.6 is 34.5 Å². The molecule has 2 aromatic rings. The van der Waals surface area contributed by atoms with Crippen LogP contribution in [0.4, 0.5) is 0 Å². The van der Waals surface area contributed by atoms with Gasteiger partial charge in [-0.05, 0) is 12.1 Å². The second-order valence-electron chi connectivity index (χ2n) is 4.01. The highest BCUT2D eigenvalue weighted by molar-refractivity contribution is 7.21. The van der Waals surface area contributed by atoms with Gasteiger partial charge in [0.05, 0.1) is 11.6 Å². The minimum Gasteiger partial charge on any atom is -0.381 e. The van der Waals surface area contributed by atoms with E-state index in [0.717, 1.165) is 10.1 Å². The zero-order valence-electron chi connectivity index (χ0n) is 10.0. The Balaban J connectivity index is 2.22. The molecule has 2 rings (SSSR count). The van der Waals surface area contributed by atoms with Gasteiger partial charge in [0, 0.05) is 15.1 Å². The van der Waals surface area contributed by atoms with Crippen LogP contribution in [0.15, 0.2) is 18.2 Å². The van der Waals surface area contributed by atoms with Crippen LogP contribution in [0.25, 0.3) is 10.1 Å². The molecule has 1 aromatic carbocycles. The number of primary amides is 1. The molecular weight excluding hydrogens is 323 g/mol. The molecule has 0 aliphatic heterocycles. The van der Waals surface area contributed by atoms with Crippen molar-refractivity contribution >= 4 is 56.4 Å². The Bertz CT molecular complexity index is 687. The van der Waals surface area contributed by atoms with Gasteiger partial charge in [-0.3, -0.25) is 9.59 Å². The van der Waals surface area contributed by atoms with Gasteiger partial charge in [0.15, 0.2) is 0 Å². The maximum atomic E-state index is 12.0. The molecule has 106 valence electrons. The number of carbonyl (C=O) groups excluding carboxylic acids is 2. The van der Waals surface area contributed by atoms with Crippen LogP contribution in [0.1, 0.15) is 9.67 Å². The summed E-state index contributed by atoms with van der Waals surface area (Å²) < 4.78 is 0.781. The molecule has 2 amide bonds. The Kier molecular flexibility index (Phi) is 4.49. The number of halogens is 2. The summed E-state index contributed by atoms with van der Waals surface area (Å²) in [7, 11) is 0. The molecular formula is C12H10Cl2N2O3S. The first-order valence-corrected chi connectivity index (χ1v) is 7.10. The Labute approximate surface area is 128 Å². The number of hydrogen-bond acceptors (Lipinski definition) is 4. The highest BCUT2D eigenvalue weighted by atomic mass is 35.5. The van der Waals surface area contributed by atoms with E-state index in [2.05, 4.69) is 5.32 Å². The average molecular weight is 333 g/mol. The van der Waals surface area contributed by atoms with Gasteiger partial charge in [-0.2, -0.15) is 0 Å². The number of amides is 2. The fraction of sp³-hybridized carbons (Fsp3) is 0.167. The first-order chi connectivity index (χ1) is 9.40. The summed E-state index contributed by atoms with van der Waals surface area (Å²) in [5.41, 5.74) is 4.89. The third-order valence-electron chi connectivity index (χ3n) is 2.58. The molecule has 20 heavy (non-hydrogen) atoms. The Morgan fingerprint density at radius 3 is 2.75 bits per heavy atom. The van der Waals surface area contributed by atoms with E-state index in [0.29, 0.717) is 14.9 Å². The summed E-state index contributed by atoms with van der Waals surface area (Å²) in [6.45, 7) is -0.264. The quantitative estimate of drug-likeness (QED) is 0.796. The van der Waals surface area contributed by atoms with Gasteiger partial charge >= 0.3 is 0 Å². The van der Waals surface area contributed by atoms with Crippen LogP contribution in [0, 0.1) is 0 Å². The normalized spacial score (nSPS) is 12.3. The standard InChI is InChI=1S/C12H10Cl2N2O3S/c13-5-1-2-6-8(3-5)20-10(9(6)14)12(19)16-4-7(17)11(15)18/h1-3,7,17H,4H2,(H2,15,18)(H,16,19). The van der Waals surface area contributed by atoms with Crippen LogP contribution in [0.3, 0.4) is 0 Å². The fourth-order valence-electron chi connectivity index (χ4n) is 1.56. The van der Waals surface area contributed by atoms with Crippen LogP contribution in [0.2, 0.25) is 10.0 Å². The summed E-state index contributed by atoms with van der Waals surface area (Å²) in [5.74, 6) is -1.38. The van der Waals surface area contributed by atoms with Crippen molar-refractivity contribution in [1.82, 2.24) is 5.32 Å². The first kappa shape index (κ1) is 15.1. The zero-order valence-corrected chi connectivity index (χ0v) is 12.4. The lowest BCUT2D eigenvalue weighted by atomic mass is 10.2. The first-order valence-electron chi connectivity index (χ1n) is 5.53. The summed E-state index contributed by atoms with van der Waals surface area (Å²) in [6.07, 6.45) is -1.43. The van der Waals surface area contributed by atoms with E-state index in [9.17, 15) is 14.7 Å². The zero-order chi connectivity index (χ0) is 14.9. The number of benzene rings is 1. The van der Waals surface area contributed by atoms with Gasteiger partial charge in [-0.1, -0.05) is 29.3 Å². The number of rotatable bonds is 4. The third-order valence-corrected chi connectivity index (χ3v) is 4.47. The number of carbonyl (C=O) groups is 2. The predicted molar refractivity (Wildman–Crippen MR) is 79.4 cm³/mol. The topological polar surface area (TPSA) is 92.4 Å². The minimum atomic E-state index is -1.43. The highest BCUT2D eigenvalue weighted by Gasteiger charge is 2.19. The SMILES string of the molecule is NC(=O)C(O)CNC(=O)c1sc2cc(Cl)ccc2c1Cl. The van der Waals surface area contributed by atoms with Gasteiger partial charge in [0.2, 0.25) is 5.91 Å². The van der Waals surface area contributed by atoms with Crippen molar-refractivity contribution in [2.24, 2.45) is 5.73 Å². The molecule has 1 heterocycles. The van der Waals surface area contributed by atoms with Crippen molar-refractivity contribution in [2.75, 3.05) is 6.54 Å². The van der Waals surface area contributed by atoms with Gasteiger partial charge in [0.1, 0.15) is 11.0 Å². The molecule has 0 radical (unpaired) electrons. The average Bonchev–Trinajstić information content (AvgIpc) is 2.72. The molecule has 0 fully saturated rings. The van der Waals surface area contributed by atoms with Gasteiger partial charge in [0.25, 0.3) is 5.91 Å². The van der Waals surface area contributed by atoms with Crippen LogP contribution in [0.5, 0.6) is 0 Å². The van der Waals surface area contributed by atoms with Crippen molar-refractivity contribution in [3.63, 3.8) is 0 Å². The summed E-state index contributed by atoms with van der Waals surface area (Å²) in [4.78, 5) is 22.9. The molecule has 4 N–H and O–H groups in total. The van der Waals surface area contributed by atoms with Gasteiger partial charge < -0.3 is 16.2 Å². The Morgan fingerprint density at radius 1 is 1.40 bits per heavy atom. The molecule has 0 spiro atoms. The lowest BCUT2D eigenvalue weighted by Crippen LogP contribution is -2.39. The monoisotopic (exact) mass is 332 g/mol. The predicted octanol–water partition coefficient (Wildman–Crippen LogP) is 1.78. The fourth-order valence-corrected chi connectivity index (χ4v) is 3.26. The number of fused-ring (bicyclic) bond motifs is 1. The number of hydrogen-bond donors (Lipinski definition) is 3. The number of nitrogens with two attached hydrogens (primary N) is 1. The number of thiophene rings is 1. The molecule has 0 saturated heterocycles. The van der Waals surface area contributed by atoms with E-state index in [1.54, 1.807) is 18.2 Å². The summed E-state index contributed by atoms with van der Waals surface area (Å²) in [6, 6.07) is 5.12. The maximum Gasteiger partial charge on any atom is 0.263 e. The third kappa shape index (κ3) is 3.04. The Morgan fingerprint density at radius 2 is 2.10 bits per heavy atom. The van der Waals surface area contributed by atoms with Crippen molar-refractivity contribution in [3.8, 4) is 0 Å². The van der Waals surface area contributed by atoms with E-state index in [1.165, 1.54) is 11.3 Å². The van der Waals surface area contributed by atoms with E-state index in [-0.39, 0.29) is 6.54 Å². The maximum absolute atomic E-state index is 12.0. The van der Waals surface area contributed by atoms with Crippen molar-refractivity contribution in [1.29, 1.82) is 0 Å². The molecule has 0 aliphatic carbocycles. The largest absolute Gasteiger partial charge is 0.381 e. The smallest absolute Gasteiger partial charge is 0.263 e. The minimum absolute atomic E-state index is 0.264. The van der Waals surface area contributed by atoms with Crippen LogP contribution in [-0.2, 0) is 4.79 Å². The van der Waals surface area contributed by atoms with Crippen molar-refractivity contribution in [2.45, 2.75) is 6.10 Å². The molecule has 0 bridgehead atoms. The number of aliphatic hydroxyl groups excluding tert-OH is 1. The molecule has 1 atom stereocenters. The van der Waals surface area contributed by atoms with Crippen LogP contribution < -0.4 is 11.1 Å². The molecule has 0 saturated carbocycles. The van der Waals surface area contributed by atoms with E-state index >= 15 is 0 Å². The van der Waals surface area contributed by atoms with E-state index < -0.39 is 17.9 Å². The Hall–Kier alpha value is -1.34. The highest BCUT2D eigenvalue weighted by Crippen LogP contribution is 2.36. The molecule has 1 aromatic heterocycles. The van der Waals surface area contributed by atoms with Crippen LogP contribution in [-0.4, -0.2) is 29.6 Å². The summed E-state index contributed by atoms with van der Waals surface area (Å²) >= 11 is 13.2. The number of nitrogens with one attached hydrogen (secondary N) is 1. The molecule has 0 aliphatic rings. The van der Waals surface area contributed by atoms with E-state index in [4.69, 9.17) is 28.9 Å². The lowest BCUT2D eigenvalue weighted by molar-refractivity contribution is -0.125. The van der Waals surface area contributed by atoms with Crippen molar-refractivity contribution in [3.05, 3.63) is 33.1 Å². The molecule has 8 heteroatoms. The second kappa shape index (κ2) is 5.97. The van der Waals surface area contributed by atoms with Gasteiger partial charge in [-0.15, -0.1) is 11.3 Å². The lowest BCUT2D eigenvalue weighted by Gasteiger charge is -2.07. The van der Waals surface area contributed by atoms with Gasteiger partial charge in [-0.25, -0.2) is 0 Å². The molecule has 1 unspecified atom stereocenters. The summed E-state index contributed by atoms with van der Waals surface area (Å²) in [5, 5.41) is 13.2. The van der Waals surface area contributed by atoms with Crippen molar-refractivity contribution < 1.29 is 14.7 Å². The van der Waals surface area contributed by atoms with E-state index in [1.807, 2.05) is 0 Å². The second-order valence-corrected chi connectivity index (χ2v) is 5.88.